The van der Waals surface area contributed by atoms with Crippen molar-refractivity contribution in [2.45, 2.75) is 44.7 Å². The van der Waals surface area contributed by atoms with E-state index >= 15 is 0 Å². The molecule has 0 radical (unpaired) electrons. The number of likely N-dealkylation sites (N-methyl/N-ethyl adjacent to an activating group) is 2. The minimum absolute atomic E-state index is 0.194. The normalized spacial score (nSPS) is 24.2. The lowest BCUT2D eigenvalue weighted by Gasteiger charge is -2.31. The first-order chi connectivity index (χ1) is 8.61. The van der Waals surface area contributed by atoms with Crippen LogP contribution >= 0.6 is 0 Å². The van der Waals surface area contributed by atoms with E-state index in [0.29, 0.717) is 25.6 Å². The highest BCUT2D eigenvalue weighted by atomic mass is 16.2. The first-order valence-corrected chi connectivity index (χ1v) is 6.88. The SMILES string of the molecule is CCN(C(=O)CNC1CCC(=O)N(C)C1)C1CC1. The number of carbonyl (C=O) groups excluding carboxylic acids is 2. The van der Waals surface area contributed by atoms with Gasteiger partial charge < -0.3 is 15.1 Å². The Balaban J connectivity index is 1.73. The fourth-order valence-electron chi connectivity index (χ4n) is 2.54. The van der Waals surface area contributed by atoms with Gasteiger partial charge in [-0.2, -0.15) is 0 Å². The molecule has 1 unspecified atom stereocenters. The number of nitrogens with zero attached hydrogens (tertiary/aromatic N) is 2. The molecule has 1 heterocycles. The zero-order valence-electron chi connectivity index (χ0n) is 11.3. The van der Waals surface area contributed by atoms with Gasteiger partial charge in [-0.1, -0.05) is 0 Å². The van der Waals surface area contributed by atoms with Crippen molar-refractivity contribution >= 4 is 11.8 Å². The highest BCUT2D eigenvalue weighted by molar-refractivity contribution is 5.79. The molecule has 1 saturated heterocycles. The van der Waals surface area contributed by atoms with Gasteiger partial charge in [-0.05, 0) is 26.2 Å². The van der Waals surface area contributed by atoms with Gasteiger partial charge >= 0.3 is 0 Å². The smallest absolute Gasteiger partial charge is 0.236 e. The summed E-state index contributed by atoms with van der Waals surface area (Å²) in [7, 11) is 1.82. The molecule has 0 aromatic rings. The Morgan fingerprint density at radius 1 is 1.44 bits per heavy atom. The Labute approximate surface area is 108 Å². The molecule has 0 aromatic heterocycles. The van der Waals surface area contributed by atoms with E-state index in [1.165, 1.54) is 0 Å². The minimum atomic E-state index is 0.194. The Kier molecular flexibility index (Phi) is 4.22. The number of likely N-dealkylation sites (tertiary alicyclic amines) is 1. The number of amides is 2. The zero-order valence-corrected chi connectivity index (χ0v) is 11.3. The van der Waals surface area contributed by atoms with Gasteiger partial charge in [-0.25, -0.2) is 0 Å². The average molecular weight is 253 g/mol. The number of nitrogens with one attached hydrogen (secondary N) is 1. The molecule has 1 aliphatic heterocycles. The van der Waals surface area contributed by atoms with E-state index in [9.17, 15) is 9.59 Å². The van der Waals surface area contributed by atoms with Crippen molar-refractivity contribution in [3.8, 4) is 0 Å². The lowest BCUT2D eigenvalue weighted by molar-refractivity contribution is -0.132. The fraction of sp³-hybridized carbons (Fsp3) is 0.846. The molecule has 102 valence electrons. The van der Waals surface area contributed by atoms with Crippen LogP contribution in [0.4, 0.5) is 0 Å². The molecular formula is C13H23N3O2. The Bertz CT molecular complexity index is 328. The van der Waals surface area contributed by atoms with Crippen LogP contribution in [0.25, 0.3) is 0 Å². The average Bonchev–Trinajstić information content (AvgIpc) is 3.16. The predicted octanol–water partition coefficient (Wildman–Crippen LogP) is 0.208. The van der Waals surface area contributed by atoms with Crippen molar-refractivity contribution < 1.29 is 9.59 Å². The van der Waals surface area contributed by atoms with Crippen LogP contribution in [-0.4, -0.2) is 60.4 Å². The van der Waals surface area contributed by atoms with E-state index < -0.39 is 0 Å². The molecule has 2 fully saturated rings. The number of hydrogen-bond donors (Lipinski definition) is 1. The minimum Gasteiger partial charge on any atom is -0.344 e. The van der Waals surface area contributed by atoms with Crippen molar-refractivity contribution in [1.82, 2.24) is 15.1 Å². The second-order valence-electron chi connectivity index (χ2n) is 5.30. The van der Waals surface area contributed by atoms with Gasteiger partial charge in [0.2, 0.25) is 11.8 Å². The quantitative estimate of drug-likeness (QED) is 0.762. The van der Waals surface area contributed by atoms with E-state index in [1.54, 1.807) is 4.90 Å². The highest BCUT2D eigenvalue weighted by Crippen LogP contribution is 2.26. The van der Waals surface area contributed by atoms with Crippen LogP contribution < -0.4 is 5.32 Å². The summed E-state index contributed by atoms with van der Waals surface area (Å²) < 4.78 is 0. The zero-order chi connectivity index (χ0) is 13.1. The van der Waals surface area contributed by atoms with Crippen molar-refractivity contribution in [1.29, 1.82) is 0 Å². The third-order valence-corrected chi connectivity index (χ3v) is 3.82. The van der Waals surface area contributed by atoms with Gasteiger partial charge in [-0.15, -0.1) is 0 Å². The van der Waals surface area contributed by atoms with E-state index in [2.05, 4.69) is 5.32 Å². The van der Waals surface area contributed by atoms with E-state index in [1.807, 2.05) is 18.9 Å². The molecule has 0 spiro atoms. The van der Waals surface area contributed by atoms with Crippen LogP contribution in [0.2, 0.25) is 0 Å². The Morgan fingerprint density at radius 2 is 2.17 bits per heavy atom. The second kappa shape index (κ2) is 5.69. The molecule has 5 heteroatoms. The number of rotatable bonds is 5. The highest BCUT2D eigenvalue weighted by Gasteiger charge is 2.31. The summed E-state index contributed by atoms with van der Waals surface area (Å²) in [4.78, 5) is 27.1. The summed E-state index contributed by atoms with van der Waals surface area (Å²) in [5.41, 5.74) is 0. The summed E-state index contributed by atoms with van der Waals surface area (Å²) in [6.45, 7) is 3.94. The number of carbonyl (C=O) groups is 2. The summed E-state index contributed by atoms with van der Waals surface area (Å²) in [6, 6.07) is 0.745. The molecule has 2 aliphatic rings. The number of hydrogen-bond acceptors (Lipinski definition) is 3. The van der Waals surface area contributed by atoms with Gasteiger partial charge in [0, 0.05) is 38.6 Å². The number of piperidine rings is 1. The van der Waals surface area contributed by atoms with Crippen molar-refractivity contribution in [3.63, 3.8) is 0 Å². The monoisotopic (exact) mass is 253 g/mol. The second-order valence-corrected chi connectivity index (χ2v) is 5.30. The van der Waals surface area contributed by atoms with Crippen molar-refractivity contribution in [2.24, 2.45) is 0 Å². The predicted molar refractivity (Wildman–Crippen MR) is 69.1 cm³/mol. The standard InChI is InChI=1S/C13H23N3O2/c1-3-16(11-5-6-11)13(18)8-14-10-4-7-12(17)15(2)9-10/h10-11,14H,3-9H2,1-2H3. The molecular weight excluding hydrogens is 230 g/mol. The molecule has 1 aliphatic carbocycles. The van der Waals surface area contributed by atoms with Crippen LogP contribution in [0.1, 0.15) is 32.6 Å². The first-order valence-electron chi connectivity index (χ1n) is 6.88. The third kappa shape index (κ3) is 3.22. The molecule has 2 rings (SSSR count). The van der Waals surface area contributed by atoms with Gasteiger partial charge in [0.25, 0.3) is 0 Å². The van der Waals surface area contributed by atoms with Crippen molar-refractivity contribution in [2.75, 3.05) is 26.7 Å². The molecule has 0 aromatic carbocycles. The van der Waals surface area contributed by atoms with E-state index in [0.717, 1.165) is 25.8 Å². The first kappa shape index (κ1) is 13.3. The lowest BCUT2D eigenvalue weighted by Crippen LogP contribution is -2.49. The largest absolute Gasteiger partial charge is 0.344 e. The molecule has 0 bridgehead atoms. The van der Waals surface area contributed by atoms with E-state index in [-0.39, 0.29) is 17.9 Å². The molecule has 5 nitrogen and oxygen atoms in total. The van der Waals surface area contributed by atoms with Crippen LogP contribution in [0, 0.1) is 0 Å². The molecule has 1 saturated carbocycles. The van der Waals surface area contributed by atoms with Gasteiger partial charge in [0.05, 0.1) is 6.54 Å². The molecule has 1 N–H and O–H groups in total. The maximum absolute atomic E-state index is 12.0. The Morgan fingerprint density at radius 3 is 2.72 bits per heavy atom. The summed E-state index contributed by atoms with van der Waals surface area (Å²) in [6.07, 6.45) is 3.73. The van der Waals surface area contributed by atoms with E-state index in [4.69, 9.17) is 0 Å². The van der Waals surface area contributed by atoms with Crippen LogP contribution in [-0.2, 0) is 9.59 Å². The van der Waals surface area contributed by atoms with Crippen LogP contribution in [0.15, 0.2) is 0 Å². The van der Waals surface area contributed by atoms with Gasteiger partial charge in [-0.3, -0.25) is 9.59 Å². The summed E-state index contributed by atoms with van der Waals surface area (Å²) in [5.74, 6) is 0.395. The maximum Gasteiger partial charge on any atom is 0.236 e. The van der Waals surface area contributed by atoms with Crippen molar-refractivity contribution in [3.05, 3.63) is 0 Å². The molecule has 2 amide bonds. The van der Waals surface area contributed by atoms with Crippen LogP contribution in [0.5, 0.6) is 0 Å². The van der Waals surface area contributed by atoms with Crippen LogP contribution in [0.3, 0.4) is 0 Å². The van der Waals surface area contributed by atoms with Gasteiger partial charge in [0.1, 0.15) is 0 Å². The molecule has 18 heavy (non-hydrogen) atoms. The summed E-state index contributed by atoms with van der Waals surface area (Å²) in [5, 5.41) is 3.28. The Hall–Kier alpha value is -1.10. The lowest BCUT2D eigenvalue weighted by atomic mass is 10.1. The third-order valence-electron chi connectivity index (χ3n) is 3.82. The van der Waals surface area contributed by atoms with Gasteiger partial charge in [0.15, 0.2) is 0 Å². The molecule has 1 atom stereocenters. The summed E-state index contributed by atoms with van der Waals surface area (Å²) >= 11 is 0. The maximum atomic E-state index is 12.0. The fourth-order valence-corrected chi connectivity index (χ4v) is 2.54. The topological polar surface area (TPSA) is 52.7 Å².